The summed E-state index contributed by atoms with van der Waals surface area (Å²) in [7, 11) is 0. The standard InChI is InChI=1S/C18H19N5OS2/c24-16(21-18-22-20-12-26-18)14-5-3-4-13(10-14)11-23-8-2-1-6-15(23)17-19-7-9-25-17/h3-5,7,9-10,12,15H,1-2,6,8,11H2,(H,21,22,24). The number of aromatic nitrogens is 3. The number of hydrogen-bond donors (Lipinski definition) is 1. The van der Waals surface area contributed by atoms with Crippen molar-refractivity contribution in [1.29, 1.82) is 0 Å². The molecule has 1 fully saturated rings. The molecule has 0 bridgehead atoms. The summed E-state index contributed by atoms with van der Waals surface area (Å²) in [5.74, 6) is -0.154. The van der Waals surface area contributed by atoms with Crippen LogP contribution in [-0.4, -0.2) is 32.5 Å². The Morgan fingerprint density at radius 3 is 3.08 bits per heavy atom. The molecule has 1 saturated heterocycles. The number of likely N-dealkylation sites (tertiary alicyclic amines) is 1. The van der Waals surface area contributed by atoms with Gasteiger partial charge in [-0.25, -0.2) is 4.98 Å². The van der Waals surface area contributed by atoms with E-state index >= 15 is 0 Å². The minimum Gasteiger partial charge on any atom is -0.296 e. The molecule has 0 saturated carbocycles. The van der Waals surface area contributed by atoms with Crippen LogP contribution in [0, 0.1) is 0 Å². The number of carbonyl (C=O) groups excluding carboxylic acids is 1. The molecule has 6 nitrogen and oxygen atoms in total. The van der Waals surface area contributed by atoms with Crippen LogP contribution in [0.15, 0.2) is 41.4 Å². The van der Waals surface area contributed by atoms with Gasteiger partial charge in [-0.3, -0.25) is 15.0 Å². The summed E-state index contributed by atoms with van der Waals surface area (Å²) in [5, 5.41) is 14.1. The molecule has 1 unspecified atom stereocenters. The van der Waals surface area contributed by atoms with E-state index in [0.29, 0.717) is 16.7 Å². The van der Waals surface area contributed by atoms with Gasteiger partial charge in [0, 0.05) is 23.7 Å². The summed E-state index contributed by atoms with van der Waals surface area (Å²) in [4.78, 5) is 19.4. The molecule has 0 spiro atoms. The average molecular weight is 386 g/mol. The fraction of sp³-hybridized carbons (Fsp3) is 0.333. The first-order chi connectivity index (χ1) is 12.8. The molecule has 0 radical (unpaired) electrons. The number of anilines is 1. The highest BCUT2D eigenvalue weighted by atomic mass is 32.1. The Balaban J connectivity index is 1.48. The molecule has 1 aliphatic rings. The van der Waals surface area contributed by atoms with Gasteiger partial charge in [0.15, 0.2) is 0 Å². The fourth-order valence-electron chi connectivity index (χ4n) is 3.30. The van der Waals surface area contributed by atoms with Crippen LogP contribution in [0.25, 0.3) is 0 Å². The predicted molar refractivity (Wildman–Crippen MR) is 103 cm³/mol. The van der Waals surface area contributed by atoms with Crippen LogP contribution in [0.1, 0.15) is 46.2 Å². The van der Waals surface area contributed by atoms with Crippen molar-refractivity contribution in [2.75, 3.05) is 11.9 Å². The van der Waals surface area contributed by atoms with E-state index in [4.69, 9.17) is 0 Å². The highest BCUT2D eigenvalue weighted by molar-refractivity contribution is 7.13. The average Bonchev–Trinajstić information content (AvgIpc) is 3.36. The fourth-order valence-corrected chi connectivity index (χ4v) is 4.55. The van der Waals surface area contributed by atoms with Crippen LogP contribution < -0.4 is 5.32 Å². The second-order valence-corrected chi connectivity index (χ2v) is 8.01. The van der Waals surface area contributed by atoms with Crippen molar-refractivity contribution < 1.29 is 4.79 Å². The second-order valence-electron chi connectivity index (χ2n) is 6.25. The predicted octanol–water partition coefficient (Wildman–Crippen LogP) is 3.97. The Morgan fingerprint density at radius 2 is 2.27 bits per heavy atom. The number of benzene rings is 1. The van der Waals surface area contributed by atoms with E-state index in [0.717, 1.165) is 25.1 Å². The SMILES string of the molecule is O=C(Nc1nncs1)c1cccc(CN2CCCCC2c2nccs2)c1. The molecule has 1 aliphatic heterocycles. The summed E-state index contributed by atoms with van der Waals surface area (Å²) in [6.07, 6.45) is 5.47. The Bertz CT molecular complexity index is 850. The maximum atomic E-state index is 12.4. The van der Waals surface area contributed by atoms with Gasteiger partial charge < -0.3 is 0 Å². The van der Waals surface area contributed by atoms with Gasteiger partial charge in [0.05, 0.1) is 6.04 Å². The van der Waals surface area contributed by atoms with E-state index in [-0.39, 0.29) is 5.91 Å². The third kappa shape index (κ3) is 3.98. The van der Waals surface area contributed by atoms with E-state index in [1.807, 2.05) is 29.8 Å². The van der Waals surface area contributed by atoms with Crippen LogP contribution in [0.3, 0.4) is 0 Å². The molecule has 1 aromatic carbocycles. The monoisotopic (exact) mass is 385 g/mol. The first-order valence-electron chi connectivity index (χ1n) is 8.59. The topological polar surface area (TPSA) is 71.0 Å². The van der Waals surface area contributed by atoms with Gasteiger partial charge in [0.1, 0.15) is 10.5 Å². The molecule has 134 valence electrons. The lowest BCUT2D eigenvalue weighted by molar-refractivity contribution is 0.102. The maximum absolute atomic E-state index is 12.4. The number of thiazole rings is 1. The molecule has 26 heavy (non-hydrogen) atoms. The third-order valence-electron chi connectivity index (χ3n) is 4.51. The number of carbonyl (C=O) groups is 1. The molecule has 3 aromatic rings. The molecule has 8 heteroatoms. The van der Waals surface area contributed by atoms with Gasteiger partial charge in [-0.15, -0.1) is 21.5 Å². The number of nitrogens with zero attached hydrogens (tertiary/aromatic N) is 4. The van der Waals surface area contributed by atoms with Gasteiger partial charge in [-0.2, -0.15) is 0 Å². The number of piperidine rings is 1. The van der Waals surface area contributed by atoms with E-state index < -0.39 is 0 Å². The van der Waals surface area contributed by atoms with Crippen LogP contribution in [0.4, 0.5) is 5.13 Å². The van der Waals surface area contributed by atoms with Crippen LogP contribution >= 0.6 is 22.7 Å². The van der Waals surface area contributed by atoms with Gasteiger partial charge in [-0.1, -0.05) is 29.9 Å². The molecule has 0 aliphatic carbocycles. The molecule has 3 heterocycles. The minimum atomic E-state index is -0.154. The lowest BCUT2D eigenvalue weighted by atomic mass is 10.0. The number of nitrogens with one attached hydrogen (secondary N) is 1. The Morgan fingerprint density at radius 1 is 1.31 bits per heavy atom. The highest BCUT2D eigenvalue weighted by Crippen LogP contribution is 2.33. The highest BCUT2D eigenvalue weighted by Gasteiger charge is 2.25. The third-order valence-corrected chi connectivity index (χ3v) is 5.99. The van der Waals surface area contributed by atoms with Gasteiger partial charge >= 0.3 is 0 Å². The van der Waals surface area contributed by atoms with Crippen molar-refractivity contribution in [2.45, 2.75) is 31.8 Å². The van der Waals surface area contributed by atoms with Crippen LogP contribution in [0.5, 0.6) is 0 Å². The zero-order valence-electron chi connectivity index (χ0n) is 14.2. The van der Waals surface area contributed by atoms with Crippen molar-refractivity contribution in [3.8, 4) is 0 Å². The van der Waals surface area contributed by atoms with Crippen molar-refractivity contribution in [1.82, 2.24) is 20.1 Å². The van der Waals surface area contributed by atoms with Crippen molar-refractivity contribution in [3.63, 3.8) is 0 Å². The van der Waals surface area contributed by atoms with Crippen LogP contribution in [0.2, 0.25) is 0 Å². The minimum absolute atomic E-state index is 0.154. The van der Waals surface area contributed by atoms with Gasteiger partial charge in [0.25, 0.3) is 5.91 Å². The molecule has 2 aromatic heterocycles. The first-order valence-corrected chi connectivity index (χ1v) is 10.4. The van der Waals surface area contributed by atoms with E-state index in [1.165, 1.54) is 29.2 Å². The summed E-state index contributed by atoms with van der Waals surface area (Å²) in [6, 6.07) is 8.18. The molecular weight excluding hydrogens is 366 g/mol. The Kier molecular flexibility index (Phi) is 5.33. The maximum Gasteiger partial charge on any atom is 0.257 e. The van der Waals surface area contributed by atoms with Crippen molar-refractivity contribution in [3.05, 3.63) is 57.5 Å². The Hall–Kier alpha value is -2.16. The quantitative estimate of drug-likeness (QED) is 0.719. The normalized spacial score (nSPS) is 17.9. The Labute approximate surface area is 159 Å². The second kappa shape index (κ2) is 8.03. The van der Waals surface area contributed by atoms with Gasteiger partial charge in [-0.05, 0) is 37.1 Å². The van der Waals surface area contributed by atoms with E-state index in [2.05, 4.69) is 31.5 Å². The number of amides is 1. The van der Waals surface area contributed by atoms with E-state index in [9.17, 15) is 4.79 Å². The molecule has 1 amide bonds. The molecule has 1 N–H and O–H groups in total. The summed E-state index contributed by atoms with van der Waals surface area (Å²) in [5.41, 5.74) is 3.38. The lowest BCUT2D eigenvalue weighted by Gasteiger charge is -2.34. The van der Waals surface area contributed by atoms with Gasteiger partial charge in [0.2, 0.25) is 5.13 Å². The molecule has 4 rings (SSSR count). The number of rotatable bonds is 5. The summed E-state index contributed by atoms with van der Waals surface area (Å²) in [6.45, 7) is 1.88. The number of hydrogen-bond acceptors (Lipinski definition) is 7. The first kappa shape index (κ1) is 17.3. The van der Waals surface area contributed by atoms with Crippen molar-refractivity contribution >= 4 is 33.7 Å². The summed E-state index contributed by atoms with van der Waals surface area (Å²) >= 11 is 3.03. The zero-order chi connectivity index (χ0) is 17.8. The van der Waals surface area contributed by atoms with Crippen molar-refractivity contribution in [2.24, 2.45) is 0 Å². The largest absolute Gasteiger partial charge is 0.296 e. The smallest absolute Gasteiger partial charge is 0.257 e. The van der Waals surface area contributed by atoms with Crippen LogP contribution in [-0.2, 0) is 6.54 Å². The zero-order valence-corrected chi connectivity index (χ0v) is 15.8. The molecule has 1 atom stereocenters. The summed E-state index contributed by atoms with van der Waals surface area (Å²) < 4.78 is 0. The molecular formula is C18H19N5OS2. The van der Waals surface area contributed by atoms with E-state index in [1.54, 1.807) is 16.8 Å². The lowest BCUT2D eigenvalue weighted by Crippen LogP contribution is -2.32.